The molecule has 1 aromatic carbocycles. The van der Waals surface area contributed by atoms with Crippen LogP contribution < -0.4 is 5.32 Å². The average Bonchev–Trinajstić information content (AvgIpc) is 3.06. The Labute approximate surface area is 151 Å². The summed E-state index contributed by atoms with van der Waals surface area (Å²) in [6, 6.07) is 11.1. The van der Waals surface area contributed by atoms with Crippen LogP contribution in [0.15, 0.2) is 58.4 Å². The maximum atomic E-state index is 12.3. The van der Waals surface area contributed by atoms with Gasteiger partial charge in [-0.3, -0.25) is 14.9 Å². The van der Waals surface area contributed by atoms with Gasteiger partial charge in [0.05, 0.1) is 5.25 Å². The van der Waals surface area contributed by atoms with Crippen molar-refractivity contribution in [3.8, 4) is 11.4 Å². The number of halogens is 1. The summed E-state index contributed by atoms with van der Waals surface area (Å²) in [6.45, 7) is 1.82. The lowest BCUT2D eigenvalue weighted by Crippen LogP contribution is -2.22. The SMILES string of the molecule is CC(Sc1n[nH]c(-c2ccncc2)n1)C(=O)Nc1ccc(Br)cc1. The van der Waals surface area contributed by atoms with Crippen molar-refractivity contribution in [2.45, 2.75) is 17.3 Å². The van der Waals surface area contributed by atoms with Crippen LogP contribution >= 0.6 is 27.7 Å². The summed E-state index contributed by atoms with van der Waals surface area (Å²) in [5.74, 6) is 0.554. The summed E-state index contributed by atoms with van der Waals surface area (Å²) in [7, 11) is 0. The number of aromatic nitrogens is 4. The van der Waals surface area contributed by atoms with E-state index in [1.54, 1.807) is 12.4 Å². The van der Waals surface area contributed by atoms with Crippen LogP contribution in [0.25, 0.3) is 11.4 Å². The molecule has 0 saturated heterocycles. The lowest BCUT2D eigenvalue weighted by Gasteiger charge is -2.10. The first-order valence-electron chi connectivity index (χ1n) is 7.18. The minimum absolute atomic E-state index is 0.0995. The molecule has 2 N–H and O–H groups in total. The normalized spacial score (nSPS) is 11.9. The minimum Gasteiger partial charge on any atom is -0.325 e. The largest absolute Gasteiger partial charge is 0.325 e. The van der Waals surface area contributed by atoms with Gasteiger partial charge in [0, 0.05) is 28.1 Å². The zero-order chi connectivity index (χ0) is 16.9. The maximum Gasteiger partial charge on any atom is 0.237 e. The van der Waals surface area contributed by atoms with Gasteiger partial charge in [-0.05, 0) is 43.3 Å². The number of carbonyl (C=O) groups excluding carboxylic acids is 1. The Bertz CT molecular complexity index is 822. The van der Waals surface area contributed by atoms with Crippen molar-refractivity contribution < 1.29 is 4.79 Å². The van der Waals surface area contributed by atoms with Gasteiger partial charge in [-0.2, -0.15) is 0 Å². The van der Waals surface area contributed by atoms with E-state index in [1.165, 1.54) is 11.8 Å². The molecule has 1 atom stereocenters. The number of benzene rings is 1. The predicted molar refractivity (Wildman–Crippen MR) is 97.7 cm³/mol. The van der Waals surface area contributed by atoms with Gasteiger partial charge in [0.15, 0.2) is 5.82 Å². The van der Waals surface area contributed by atoms with Gasteiger partial charge in [-0.15, -0.1) is 5.10 Å². The van der Waals surface area contributed by atoms with Crippen LogP contribution in [0.4, 0.5) is 5.69 Å². The van der Waals surface area contributed by atoms with Gasteiger partial charge in [0.2, 0.25) is 11.1 Å². The molecule has 0 radical (unpaired) electrons. The van der Waals surface area contributed by atoms with E-state index in [2.05, 4.69) is 41.4 Å². The predicted octanol–water partition coefficient (Wildman–Crippen LogP) is 3.75. The van der Waals surface area contributed by atoms with Crippen molar-refractivity contribution in [1.29, 1.82) is 0 Å². The number of anilines is 1. The number of aromatic amines is 1. The number of rotatable bonds is 5. The molecular weight excluding hydrogens is 390 g/mol. The van der Waals surface area contributed by atoms with E-state index in [-0.39, 0.29) is 11.2 Å². The number of thioether (sulfide) groups is 1. The van der Waals surface area contributed by atoms with Crippen molar-refractivity contribution >= 4 is 39.3 Å². The van der Waals surface area contributed by atoms with E-state index in [1.807, 2.05) is 43.3 Å². The summed E-state index contributed by atoms with van der Waals surface area (Å²) in [4.78, 5) is 20.6. The molecule has 3 rings (SSSR count). The van der Waals surface area contributed by atoms with Gasteiger partial charge < -0.3 is 5.32 Å². The van der Waals surface area contributed by atoms with E-state index in [9.17, 15) is 4.79 Å². The van der Waals surface area contributed by atoms with Crippen LogP contribution in [0.1, 0.15) is 6.92 Å². The fourth-order valence-electron chi connectivity index (χ4n) is 1.93. The molecule has 2 heterocycles. The third-order valence-electron chi connectivity index (χ3n) is 3.18. The van der Waals surface area contributed by atoms with Gasteiger partial charge in [0.1, 0.15) is 0 Å². The van der Waals surface area contributed by atoms with Crippen LogP contribution in [-0.2, 0) is 4.79 Å². The molecule has 3 aromatic rings. The lowest BCUT2D eigenvalue weighted by atomic mass is 10.3. The standard InChI is InChI=1S/C16H14BrN5OS/c1-10(15(23)19-13-4-2-12(17)3-5-13)24-16-20-14(21-22-16)11-6-8-18-9-7-11/h2-10H,1H3,(H,19,23)(H,20,21,22). The van der Waals surface area contributed by atoms with Crippen LogP contribution in [0.2, 0.25) is 0 Å². The van der Waals surface area contributed by atoms with Crippen molar-refractivity contribution in [1.82, 2.24) is 20.2 Å². The number of nitrogens with one attached hydrogen (secondary N) is 2. The Hall–Kier alpha value is -2.19. The van der Waals surface area contributed by atoms with Crippen molar-refractivity contribution in [2.75, 3.05) is 5.32 Å². The molecule has 0 aliphatic heterocycles. The number of nitrogens with zero attached hydrogens (tertiary/aromatic N) is 3. The topological polar surface area (TPSA) is 83.6 Å². The van der Waals surface area contributed by atoms with Crippen molar-refractivity contribution in [3.63, 3.8) is 0 Å². The van der Waals surface area contributed by atoms with E-state index < -0.39 is 0 Å². The molecule has 0 aliphatic carbocycles. The number of H-pyrrole nitrogens is 1. The van der Waals surface area contributed by atoms with Gasteiger partial charge in [0.25, 0.3) is 0 Å². The first-order valence-corrected chi connectivity index (χ1v) is 8.85. The summed E-state index contributed by atoms with van der Waals surface area (Å²) in [5.41, 5.74) is 1.65. The minimum atomic E-state index is -0.324. The summed E-state index contributed by atoms with van der Waals surface area (Å²) in [6.07, 6.45) is 3.39. The highest BCUT2D eigenvalue weighted by Crippen LogP contribution is 2.23. The fraction of sp³-hybridized carbons (Fsp3) is 0.125. The Morgan fingerprint density at radius 2 is 1.92 bits per heavy atom. The number of amides is 1. The molecule has 0 aliphatic rings. The number of carbonyl (C=O) groups is 1. The first-order chi connectivity index (χ1) is 11.6. The Morgan fingerprint density at radius 1 is 1.21 bits per heavy atom. The molecule has 8 heteroatoms. The Kier molecular flexibility index (Phi) is 5.27. The molecule has 6 nitrogen and oxygen atoms in total. The molecule has 0 saturated carbocycles. The average molecular weight is 404 g/mol. The smallest absolute Gasteiger partial charge is 0.237 e. The Balaban J connectivity index is 1.62. The first kappa shape index (κ1) is 16.7. The van der Waals surface area contributed by atoms with Crippen LogP contribution in [-0.4, -0.2) is 31.3 Å². The summed E-state index contributed by atoms with van der Waals surface area (Å²) in [5, 5.41) is 10.1. The molecule has 122 valence electrons. The second kappa shape index (κ2) is 7.59. The summed E-state index contributed by atoms with van der Waals surface area (Å²) < 4.78 is 0.965. The van der Waals surface area contributed by atoms with Crippen LogP contribution in [0.5, 0.6) is 0 Å². The van der Waals surface area contributed by atoms with Gasteiger partial charge in [-0.1, -0.05) is 27.7 Å². The van der Waals surface area contributed by atoms with Crippen LogP contribution in [0.3, 0.4) is 0 Å². The second-order valence-corrected chi connectivity index (χ2v) is 7.18. The van der Waals surface area contributed by atoms with E-state index in [0.717, 1.165) is 15.7 Å². The number of hydrogen-bond acceptors (Lipinski definition) is 5. The van der Waals surface area contributed by atoms with Crippen molar-refractivity contribution in [2.24, 2.45) is 0 Å². The fourth-order valence-corrected chi connectivity index (χ4v) is 2.92. The molecule has 24 heavy (non-hydrogen) atoms. The zero-order valence-electron chi connectivity index (χ0n) is 12.7. The van der Waals surface area contributed by atoms with Crippen LogP contribution in [0, 0.1) is 0 Å². The quantitative estimate of drug-likeness (QED) is 0.633. The highest BCUT2D eigenvalue weighted by molar-refractivity contribution is 9.10. The van der Waals surface area contributed by atoms with E-state index >= 15 is 0 Å². The highest BCUT2D eigenvalue weighted by atomic mass is 79.9. The molecule has 1 unspecified atom stereocenters. The van der Waals surface area contributed by atoms with Gasteiger partial charge in [-0.25, -0.2) is 4.98 Å². The summed E-state index contributed by atoms with van der Waals surface area (Å²) >= 11 is 4.66. The number of pyridine rings is 1. The molecular formula is C16H14BrN5OS. The third kappa shape index (κ3) is 4.21. The zero-order valence-corrected chi connectivity index (χ0v) is 15.1. The van der Waals surface area contributed by atoms with Crippen molar-refractivity contribution in [3.05, 3.63) is 53.3 Å². The molecule has 0 bridgehead atoms. The van der Waals surface area contributed by atoms with E-state index in [4.69, 9.17) is 0 Å². The highest BCUT2D eigenvalue weighted by Gasteiger charge is 2.17. The van der Waals surface area contributed by atoms with E-state index in [0.29, 0.717) is 11.0 Å². The molecule has 2 aromatic heterocycles. The van der Waals surface area contributed by atoms with Gasteiger partial charge >= 0.3 is 0 Å². The lowest BCUT2D eigenvalue weighted by molar-refractivity contribution is -0.115. The monoisotopic (exact) mass is 403 g/mol. The number of hydrogen-bond donors (Lipinski definition) is 2. The third-order valence-corrected chi connectivity index (χ3v) is 4.67. The maximum absolute atomic E-state index is 12.3. The molecule has 0 spiro atoms. The molecule has 0 fully saturated rings. The Morgan fingerprint density at radius 3 is 2.62 bits per heavy atom. The molecule has 1 amide bonds. The second-order valence-electron chi connectivity index (χ2n) is 4.96.